The van der Waals surface area contributed by atoms with Crippen molar-refractivity contribution in [2.45, 2.75) is 15.5 Å². The summed E-state index contributed by atoms with van der Waals surface area (Å²) in [6.45, 7) is 0. The van der Waals surface area contributed by atoms with Crippen molar-refractivity contribution in [3.8, 4) is 0 Å². The first-order valence-electron chi connectivity index (χ1n) is 5.88. The molecule has 0 bridgehead atoms. The lowest BCUT2D eigenvalue weighted by atomic mass is 10.3. The van der Waals surface area contributed by atoms with Crippen LogP contribution in [0.5, 0.6) is 0 Å². The van der Waals surface area contributed by atoms with E-state index in [2.05, 4.69) is 4.72 Å². The van der Waals surface area contributed by atoms with Gasteiger partial charge in [0.1, 0.15) is 4.21 Å². The molecule has 0 spiro atoms. The summed E-state index contributed by atoms with van der Waals surface area (Å²) in [6.07, 6.45) is 1.73. The second-order valence-corrected chi connectivity index (χ2v) is 8.09. The van der Waals surface area contributed by atoms with E-state index in [1.165, 1.54) is 23.9 Å². The predicted octanol–water partition coefficient (Wildman–Crippen LogP) is 2.90. The SMILES string of the molecule is CSc1cccc(NS(=O)(=O)c2ccc(CC(=O)O)s2)c1. The van der Waals surface area contributed by atoms with Crippen molar-refractivity contribution in [2.24, 2.45) is 0 Å². The van der Waals surface area contributed by atoms with Crippen molar-refractivity contribution >= 4 is 44.8 Å². The van der Waals surface area contributed by atoms with Crippen LogP contribution in [0, 0.1) is 0 Å². The van der Waals surface area contributed by atoms with Gasteiger partial charge in [0, 0.05) is 15.5 Å². The summed E-state index contributed by atoms with van der Waals surface area (Å²) in [5, 5.41) is 8.71. The largest absolute Gasteiger partial charge is 0.481 e. The number of thioether (sulfide) groups is 1. The molecule has 0 saturated heterocycles. The van der Waals surface area contributed by atoms with E-state index in [-0.39, 0.29) is 10.6 Å². The first-order chi connectivity index (χ1) is 9.90. The highest BCUT2D eigenvalue weighted by atomic mass is 32.2. The third-order valence-electron chi connectivity index (χ3n) is 2.55. The molecule has 0 amide bonds. The molecule has 8 heteroatoms. The molecule has 2 rings (SSSR count). The third-order valence-corrected chi connectivity index (χ3v) is 6.23. The van der Waals surface area contributed by atoms with E-state index in [1.807, 2.05) is 12.3 Å². The molecule has 112 valence electrons. The minimum Gasteiger partial charge on any atom is -0.481 e. The van der Waals surface area contributed by atoms with Crippen LogP contribution in [0.15, 0.2) is 45.5 Å². The predicted molar refractivity (Wildman–Crippen MR) is 84.7 cm³/mol. The molecule has 21 heavy (non-hydrogen) atoms. The fraction of sp³-hybridized carbons (Fsp3) is 0.154. The molecule has 0 aliphatic carbocycles. The van der Waals surface area contributed by atoms with Gasteiger partial charge in [-0.05, 0) is 36.6 Å². The van der Waals surface area contributed by atoms with Gasteiger partial charge in [-0.1, -0.05) is 6.07 Å². The van der Waals surface area contributed by atoms with Crippen LogP contribution in [0.25, 0.3) is 0 Å². The molecule has 1 aromatic carbocycles. The van der Waals surface area contributed by atoms with Crippen molar-refractivity contribution in [1.82, 2.24) is 0 Å². The monoisotopic (exact) mass is 343 g/mol. The summed E-state index contributed by atoms with van der Waals surface area (Å²) >= 11 is 2.48. The average Bonchev–Trinajstić information content (AvgIpc) is 2.87. The second-order valence-electron chi connectivity index (χ2n) is 4.13. The summed E-state index contributed by atoms with van der Waals surface area (Å²) < 4.78 is 27.1. The lowest BCUT2D eigenvalue weighted by Gasteiger charge is -2.07. The Hall–Kier alpha value is -1.51. The number of aliphatic carboxylic acids is 1. The number of thiophene rings is 1. The molecule has 0 unspecified atom stereocenters. The maximum absolute atomic E-state index is 12.2. The molecule has 1 heterocycles. The van der Waals surface area contributed by atoms with Crippen LogP contribution in [0.2, 0.25) is 0 Å². The van der Waals surface area contributed by atoms with Crippen molar-refractivity contribution in [2.75, 3.05) is 11.0 Å². The zero-order valence-corrected chi connectivity index (χ0v) is 13.5. The van der Waals surface area contributed by atoms with Gasteiger partial charge < -0.3 is 5.11 Å². The van der Waals surface area contributed by atoms with Gasteiger partial charge in [0.25, 0.3) is 10.0 Å². The van der Waals surface area contributed by atoms with Gasteiger partial charge in [-0.2, -0.15) is 0 Å². The molecule has 0 aliphatic heterocycles. The maximum atomic E-state index is 12.2. The molecule has 2 N–H and O–H groups in total. The molecule has 0 aliphatic rings. The fourth-order valence-corrected chi connectivity index (χ4v) is 4.49. The number of carboxylic acids is 1. The Bertz CT molecular complexity index is 752. The Kier molecular flexibility index (Phi) is 4.92. The van der Waals surface area contributed by atoms with Gasteiger partial charge in [-0.3, -0.25) is 9.52 Å². The van der Waals surface area contributed by atoms with Crippen LogP contribution in [0.1, 0.15) is 4.88 Å². The van der Waals surface area contributed by atoms with Crippen LogP contribution in [-0.4, -0.2) is 25.7 Å². The highest BCUT2D eigenvalue weighted by Crippen LogP contribution is 2.26. The molecule has 0 radical (unpaired) electrons. The normalized spacial score (nSPS) is 11.3. The molecule has 0 saturated carbocycles. The van der Waals surface area contributed by atoms with E-state index in [0.717, 1.165) is 16.2 Å². The molecular formula is C13H13NO4S3. The van der Waals surface area contributed by atoms with Crippen LogP contribution < -0.4 is 4.72 Å². The van der Waals surface area contributed by atoms with Crippen molar-refractivity contribution in [3.63, 3.8) is 0 Å². The Labute approximate surface area is 131 Å². The Morgan fingerprint density at radius 2 is 2.10 bits per heavy atom. The summed E-state index contributed by atoms with van der Waals surface area (Å²) in [6, 6.07) is 10.0. The standard InChI is InChI=1S/C13H13NO4S3/c1-19-10-4-2-3-9(7-10)14-21(17,18)13-6-5-11(20-13)8-12(15)16/h2-7,14H,8H2,1H3,(H,15,16). The molecule has 1 aromatic heterocycles. The zero-order valence-electron chi connectivity index (χ0n) is 11.1. The zero-order chi connectivity index (χ0) is 15.5. The van der Waals surface area contributed by atoms with E-state index in [1.54, 1.807) is 18.2 Å². The van der Waals surface area contributed by atoms with Gasteiger partial charge in [0.2, 0.25) is 0 Å². The topological polar surface area (TPSA) is 83.5 Å². The van der Waals surface area contributed by atoms with E-state index < -0.39 is 16.0 Å². The number of benzene rings is 1. The summed E-state index contributed by atoms with van der Waals surface area (Å²) in [7, 11) is -3.69. The van der Waals surface area contributed by atoms with Gasteiger partial charge in [-0.15, -0.1) is 23.1 Å². The average molecular weight is 343 g/mol. The van der Waals surface area contributed by atoms with Crippen LogP contribution >= 0.6 is 23.1 Å². The highest BCUT2D eigenvalue weighted by molar-refractivity contribution is 7.98. The van der Waals surface area contributed by atoms with E-state index in [9.17, 15) is 13.2 Å². The smallest absolute Gasteiger partial charge is 0.308 e. The number of carbonyl (C=O) groups is 1. The number of sulfonamides is 1. The van der Waals surface area contributed by atoms with Crippen molar-refractivity contribution in [3.05, 3.63) is 41.3 Å². The Morgan fingerprint density at radius 3 is 2.76 bits per heavy atom. The first kappa shape index (κ1) is 15.9. The molecular weight excluding hydrogens is 330 g/mol. The maximum Gasteiger partial charge on any atom is 0.308 e. The third kappa shape index (κ3) is 4.23. The number of hydrogen-bond donors (Lipinski definition) is 2. The number of anilines is 1. The quantitative estimate of drug-likeness (QED) is 0.788. The van der Waals surface area contributed by atoms with E-state index in [4.69, 9.17) is 5.11 Å². The number of rotatable bonds is 6. The van der Waals surface area contributed by atoms with Gasteiger partial charge in [-0.25, -0.2) is 8.42 Å². The molecule has 2 aromatic rings. The van der Waals surface area contributed by atoms with Gasteiger partial charge >= 0.3 is 5.97 Å². The van der Waals surface area contributed by atoms with Crippen molar-refractivity contribution < 1.29 is 18.3 Å². The number of hydrogen-bond acceptors (Lipinski definition) is 5. The van der Waals surface area contributed by atoms with Crippen molar-refractivity contribution in [1.29, 1.82) is 0 Å². The summed E-state index contributed by atoms with van der Waals surface area (Å²) in [5.41, 5.74) is 0.482. The van der Waals surface area contributed by atoms with Crippen LogP contribution in [-0.2, 0) is 21.2 Å². The van der Waals surface area contributed by atoms with Crippen LogP contribution in [0.3, 0.4) is 0 Å². The first-order valence-corrected chi connectivity index (χ1v) is 9.40. The molecule has 5 nitrogen and oxygen atoms in total. The van der Waals surface area contributed by atoms with Crippen LogP contribution in [0.4, 0.5) is 5.69 Å². The molecule has 0 fully saturated rings. The second kappa shape index (κ2) is 6.50. The Morgan fingerprint density at radius 1 is 1.33 bits per heavy atom. The summed E-state index contributed by atoms with van der Waals surface area (Å²) in [5.74, 6) is -0.985. The fourth-order valence-electron chi connectivity index (χ4n) is 1.64. The summed E-state index contributed by atoms with van der Waals surface area (Å²) in [4.78, 5) is 12.1. The highest BCUT2D eigenvalue weighted by Gasteiger charge is 2.18. The lowest BCUT2D eigenvalue weighted by molar-refractivity contribution is -0.136. The lowest BCUT2D eigenvalue weighted by Crippen LogP contribution is -2.11. The minimum absolute atomic E-state index is 0.105. The number of nitrogens with one attached hydrogen (secondary N) is 1. The van der Waals surface area contributed by atoms with E-state index in [0.29, 0.717) is 10.6 Å². The minimum atomic E-state index is -3.69. The van der Waals surface area contributed by atoms with Gasteiger partial charge in [0.05, 0.1) is 6.42 Å². The van der Waals surface area contributed by atoms with Gasteiger partial charge in [0.15, 0.2) is 0 Å². The van der Waals surface area contributed by atoms with E-state index >= 15 is 0 Å². The Balaban J connectivity index is 2.21. The number of carboxylic acid groups (broad SMARTS) is 1. The molecule has 0 atom stereocenters.